The molecule has 4 rings (SSSR count). The normalized spacial score (nSPS) is 18.4. The number of anilines is 2. The smallest absolute Gasteiger partial charge is 0.363 e. The summed E-state index contributed by atoms with van der Waals surface area (Å²) in [6, 6.07) is 10.6. The molecule has 0 saturated heterocycles. The number of carbonyl (C=O) groups excluding carboxylic acids is 1. The first-order chi connectivity index (χ1) is 13.8. The van der Waals surface area contributed by atoms with Gasteiger partial charge in [-0.2, -0.15) is 23.5 Å². The highest BCUT2D eigenvalue weighted by Crippen LogP contribution is 2.44. The van der Waals surface area contributed by atoms with E-state index in [1.54, 1.807) is 12.1 Å². The molecule has 1 aliphatic rings. The second-order valence-corrected chi connectivity index (χ2v) is 7.49. The van der Waals surface area contributed by atoms with Crippen LogP contribution in [0.1, 0.15) is 39.4 Å². The Balaban J connectivity index is 1.61. The molecule has 0 aliphatic carbocycles. The first-order valence-electron chi connectivity index (χ1n) is 8.63. The fourth-order valence-corrected chi connectivity index (χ4v) is 3.97. The van der Waals surface area contributed by atoms with E-state index in [1.807, 2.05) is 11.4 Å². The van der Waals surface area contributed by atoms with E-state index in [-0.39, 0.29) is 17.9 Å². The Labute approximate surface area is 167 Å². The molecule has 0 unspecified atom stereocenters. The molecule has 1 aliphatic heterocycles. The van der Waals surface area contributed by atoms with Gasteiger partial charge in [-0.25, -0.2) is 4.68 Å². The standard InChI is InChI=1S/C19H14F3N5OS/c20-19(21,22)16-8-13(15-2-1-7-29-15)25-17-9-14(26-27(16)17)18(28)24-12-5-3-11(10-23)4-6-12/h1-7,9,13,16,25H,8H2,(H,24,28)/t13-,16+/m1/s1. The third-order valence-corrected chi connectivity index (χ3v) is 5.57. The fourth-order valence-electron chi connectivity index (χ4n) is 3.18. The second-order valence-electron chi connectivity index (χ2n) is 6.51. The van der Waals surface area contributed by atoms with Crippen LogP contribution < -0.4 is 10.6 Å². The number of benzene rings is 1. The highest BCUT2D eigenvalue weighted by molar-refractivity contribution is 7.10. The van der Waals surface area contributed by atoms with Gasteiger partial charge in [-0.3, -0.25) is 4.79 Å². The summed E-state index contributed by atoms with van der Waals surface area (Å²) < 4.78 is 41.8. The predicted molar refractivity (Wildman–Crippen MR) is 102 cm³/mol. The van der Waals surface area contributed by atoms with Gasteiger partial charge in [0.05, 0.1) is 17.7 Å². The number of aromatic nitrogens is 2. The number of hydrogen-bond acceptors (Lipinski definition) is 5. The summed E-state index contributed by atoms with van der Waals surface area (Å²) >= 11 is 1.37. The van der Waals surface area contributed by atoms with Crippen LogP contribution in [0.15, 0.2) is 47.8 Å². The lowest BCUT2D eigenvalue weighted by atomic mass is 10.0. The van der Waals surface area contributed by atoms with Crippen molar-refractivity contribution in [1.82, 2.24) is 9.78 Å². The predicted octanol–water partition coefficient (Wildman–Crippen LogP) is 4.73. The highest BCUT2D eigenvalue weighted by Gasteiger charge is 2.47. The molecule has 3 heterocycles. The van der Waals surface area contributed by atoms with Gasteiger partial charge in [-0.1, -0.05) is 6.07 Å². The molecule has 0 bridgehead atoms. The maximum atomic E-state index is 13.7. The molecular formula is C19H14F3N5OS. The van der Waals surface area contributed by atoms with Gasteiger partial charge in [-0.05, 0) is 35.7 Å². The van der Waals surface area contributed by atoms with Crippen molar-refractivity contribution < 1.29 is 18.0 Å². The largest absolute Gasteiger partial charge is 0.410 e. The number of amides is 1. The lowest BCUT2D eigenvalue weighted by Crippen LogP contribution is -2.35. The van der Waals surface area contributed by atoms with Gasteiger partial charge in [0.1, 0.15) is 5.82 Å². The molecule has 29 heavy (non-hydrogen) atoms. The third kappa shape index (κ3) is 3.82. The molecule has 10 heteroatoms. The third-order valence-electron chi connectivity index (χ3n) is 4.58. The van der Waals surface area contributed by atoms with Crippen molar-refractivity contribution in [2.75, 3.05) is 10.6 Å². The fraction of sp³-hybridized carbons (Fsp3) is 0.211. The van der Waals surface area contributed by atoms with E-state index in [0.717, 1.165) is 9.56 Å². The average Bonchev–Trinajstić information content (AvgIpc) is 3.36. The molecule has 3 aromatic rings. The van der Waals surface area contributed by atoms with Crippen molar-refractivity contribution in [3.63, 3.8) is 0 Å². The number of fused-ring (bicyclic) bond motifs is 1. The minimum Gasteiger partial charge on any atom is -0.363 e. The zero-order valence-corrected chi connectivity index (χ0v) is 15.6. The zero-order valence-electron chi connectivity index (χ0n) is 14.8. The van der Waals surface area contributed by atoms with E-state index in [4.69, 9.17) is 5.26 Å². The Morgan fingerprint density at radius 1 is 1.31 bits per heavy atom. The summed E-state index contributed by atoms with van der Waals surface area (Å²) in [6.45, 7) is 0. The molecule has 0 spiro atoms. The van der Waals surface area contributed by atoms with Gasteiger partial charge >= 0.3 is 6.18 Å². The SMILES string of the molecule is N#Cc1ccc(NC(=O)c2cc3n(n2)[C@H](C(F)(F)F)C[C@H](c2cccs2)N3)cc1. The summed E-state index contributed by atoms with van der Waals surface area (Å²) in [5.41, 5.74) is 0.715. The number of carbonyl (C=O) groups is 1. The molecule has 1 amide bonds. The van der Waals surface area contributed by atoms with Crippen LogP contribution in [0.4, 0.5) is 24.7 Å². The number of nitrogens with zero attached hydrogens (tertiary/aromatic N) is 3. The minimum atomic E-state index is -4.50. The maximum absolute atomic E-state index is 13.7. The number of halogens is 3. The van der Waals surface area contributed by atoms with Crippen LogP contribution in [0.2, 0.25) is 0 Å². The zero-order chi connectivity index (χ0) is 20.6. The summed E-state index contributed by atoms with van der Waals surface area (Å²) in [4.78, 5) is 13.3. The summed E-state index contributed by atoms with van der Waals surface area (Å²) in [6.07, 6.45) is -4.71. The van der Waals surface area contributed by atoms with Crippen LogP contribution in [-0.4, -0.2) is 21.9 Å². The van der Waals surface area contributed by atoms with Gasteiger partial charge in [0.25, 0.3) is 5.91 Å². The van der Waals surface area contributed by atoms with Crippen LogP contribution in [0, 0.1) is 11.3 Å². The van der Waals surface area contributed by atoms with Crippen molar-refractivity contribution in [2.24, 2.45) is 0 Å². The Bertz CT molecular complexity index is 1070. The first kappa shape index (κ1) is 19.0. The highest BCUT2D eigenvalue weighted by atomic mass is 32.1. The number of hydrogen-bond donors (Lipinski definition) is 2. The van der Waals surface area contributed by atoms with Gasteiger partial charge in [0, 0.05) is 23.1 Å². The molecule has 148 valence electrons. The minimum absolute atomic E-state index is 0.127. The van der Waals surface area contributed by atoms with Crippen LogP contribution >= 0.6 is 11.3 Å². The van der Waals surface area contributed by atoms with E-state index >= 15 is 0 Å². The molecule has 6 nitrogen and oxygen atoms in total. The summed E-state index contributed by atoms with van der Waals surface area (Å²) in [5, 5.41) is 20.2. The van der Waals surface area contributed by atoms with Crippen LogP contribution in [0.5, 0.6) is 0 Å². The molecular weight excluding hydrogens is 403 g/mol. The van der Waals surface area contributed by atoms with Gasteiger partial charge in [0.2, 0.25) is 0 Å². The van der Waals surface area contributed by atoms with E-state index in [9.17, 15) is 18.0 Å². The lowest BCUT2D eigenvalue weighted by Gasteiger charge is -2.32. The summed E-state index contributed by atoms with van der Waals surface area (Å²) in [5.74, 6) is -0.492. The number of rotatable bonds is 3. The average molecular weight is 417 g/mol. The first-order valence-corrected chi connectivity index (χ1v) is 9.51. The number of nitriles is 1. The molecule has 2 atom stereocenters. The monoisotopic (exact) mass is 417 g/mol. The summed E-state index contributed by atoms with van der Waals surface area (Å²) in [7, 11) is 0. The topological polar surface area (TPSA) is 82.7 Å². The number of nitrogens with one attached hydrogen (secondary N) is 2. The van der Waals surface area contributed by atoms with Crippen molar-refractivity contribution in [2.45, 2.75) is 24.7 Å². The Kier molecular flexibility index (Phi) is 4.76. The number of alkyl halides is 3. The Morgan fingerprint density at radius 2 is 2.07 bits per heavy atom. The molecule has 2 aromatic heterocycles. The quantitative estimate of drug-likeness (QED) is 0.646. The van der Waals surface area contributed by atoms with Crippen LogP contribution in [-0.2, 0) is 0 Å². The maximum Gasteiger partial charge on any atom is 0.410 e. The van der Waals surface area contributed by atoms with E-state index < -0.39 is 24.2 Å². The lowest BCUT2D eigenvalue weighted by molar-refractivity contribution is -0.173. The van der Waals surface area contributed by atoms with Crippen molar-refractivity contribution >= 4 is 28.7 Å². The molecule has 0 fully saturated rings. The van der Waals surface area contributed by atoms with Crippen molar-refractivity contribution in [1.29, 1.82) is 5.26 Å². The van der Waals surface area contributed by atoms with E-state index in [2.05, 4.69) is 15.7 Å². The Morgan fingerprint density at radius 3 is 2.69 bits per heavy atom. The Hall–Kier alpha value is -3.32. The second kappa shape index (κ2) is 7.25. The molecule has 1 aromatic carbocycles. The van der Waals surface area contributed by atoms with Crippen molar-refractivity contribution in [3.8, 4) is 6.07 Å². The molecule has 0 radical (unpaired) electrons. The van der Waals surface area contributed by atoms with Gasteiger partial charge < -0.3 is 10.6 Å². The molecule has 0 saturated carbocycles. The van der Waals surface area contributed by atoms with Crippen LogP contribution in [0.25, 0.3) is 0 Å². The van der Waals surface area contributed by atoms with Crippen molar-refractivity contribution in [3.05, 3.63) is 64.0 Å². The van der Waals surface area contributed by atoms with Crippen LogP contribution in [0.3, 0.4) is 0 Å². The van der Waals surface area contributed by atoms with E-state index in [1.165, 1.54) is 41.7 Å². The van der Waals surface area contributed by atoms with Gasteiger partial charge in [0.15, 0.2) is 11.7 Å². The van der Waals surface area contributed by atoms with Gasteiger partial charge in [-0.15, -0.1) is 11.3 Å². The molecule has 2 N–H and O–H groups in total. The van der Waals surface area contributed by atoms with E-state index in [0.29, 0.717) is 11.3 Å². The number of thiophene rings is 1.